The van der Waals surface area contributed by atoms with E-state index in [2.05, 4.69) is 16.6 Å². The smallest absolute Gasteiger partial charge is 0.372 e. The Morgan fingerprint density at radius 3 is 2.44 bits per heavy atom. The molecule has 96 valence electrons. The van der Waals surface area contributed by atoms with Crippen LogP contribution in [0.2, 0.25) is 0 Å². The number of hydrogen-bond acceptors (Lipinski definition) is 2. The Labute approximate surface area is 94.9 Å². The number of rotatable bonds is 8. The molecule has 0 amide bonds. The second-order valence-corrected chi connectivity index (χ2v) is 4.16. The highest BCUT2D eigenvalue weighted by Gasteiger charge is 2.27. The van der Waals surface area contributed by atoms with Crippen LogP contribution in [-0.4, -0.2) is 33.0 Å². The van der Waals surface area contributed by atoms with E-state index in [1.807, 2.05) is 20.0 Å². The Balaban J connectivity index is 3.68. The lowest BCUT2D eigenvalue weighted by molar-refractivity contribution is -0.174. The predicted octanol–water partition coefficient (Wildman–Crippen LogP) is 2.76. The molecule has 0 aromatic carbocycles. The largest absolute Gasteiger partial charge is 0.411 e. The fourth-order valence-electron chi connectivity index (χ4n) is 1.43. The molecule has 0 rings (SSSR count). The summed E-state index contributed by atoms with van der Waals surface area (Å²) in [5.41, 5.74) is -0.0870. The van der Waals surface area contributed by atoms with Crippen LogP contribution >= 0.6 is 0 Å². The summed E-state index contributed by atoms with van der Waals surface area (Å²) in [7, 11) is 1.84. The summed E-state index contributed by atoms with van der Waals surface area (Å²) in [5.74, 6) is 0. The van der Waals surface area contributed by atoms with Gasteiger partial charge in [0.25, 0.3) is 0 Å². The molecule has 0 aliphatic carbocycles. The van der Waals surface area contributed by atoms with Crippen molar-refractivity contribution in [1.29, 1.82) is 0 Å². The Morgan fingerprint density at radius 1 is 1.38 bits per heavy atom. The quantitative estimate of drug-likeness (QED) is 0.519. The SMILES string of the molecule is C=CC(C)(CCCOCC(F)(F)F)CNC. The number of nitrogens with one attached hydrogen (secondary N) is 1. The van der Waals surface area contributed by atoms with Gasteiger partial charge in [-0.05, 0) is 25.3 Å². The molecule has 0 bridgehead atoms. The van der Waals surface area contributed by atoms with Crippen molar-refractivity contribution >= 4 is 0 Å². The maximum atomic E-state index is 11.8. The minimum atomic E-state index is -4.23. The second kappa shape index (κ2) is 6.91. The van der Waals surface area contributed by atoms with Crippen LogP contribution in [0.5, 0.6) is 0 Å². The van der Waals surface area contributed by atoms with E-state index >= 15 is 0 Å². The molecule has 1 atom stereocenters. The highest BCUT2D eigenvalue weighted by molar-refractivity contribution is 4.92. The minimum Gasteiger partial charge on any atom is -0.372 e. The number of ether oxygens (including phenoxy) is 1. The molecule has 0 aliphatic rings. The predicted molar refractivity (Wildman–Crippen MR) is 58.3 cm³/mol. The Morgan fingerprint density at radius 2 is 2.00 bits per heavy atom. The first-order valence-electron chi connectivity index (χ1n) is 5.26. The van der Waals surface area contributed by atoms with Crippen LogP contribution < -0.4 is 5.32 Å². The van der Waals surface area contributed by atoms with Gasteiger partial charge < -0.3 is 10.1 Å². The average Bonchev–Trinajstić information content (AvgIpc) is 2.16. The number of halogens is 3. The molecule has 16 heavy (non-hydrogen) atoms. The molecule has 0 saturated heterocycles. The van der Waals surface area contributed by atoms with Gasteiger partial charge in [0.15, 0.2) is 0 Å². The molecule has 1 unspecified atom stereocenters. The highest BCUT2D eigenvalue weighted by atomic mass is 19.4. The van der Waals surface area contributed by atoms with Gasteiger partial charge in [0.2, 0.25) is 0 Å². The first kappa shape index (κ1) is 15.4. The summed E-state index contributed by atoms with van der Waals surface area (Å²) >= 11 is 0. The van der Waals surface area contributed by atoms with Crippen molar-refractivity contribution in [3.8, 4) is 0 Å². The maximum Gasteiger partial charge on any atom is 0.411 e. The van der Waals surface area contributed by atoms with Crippen molar-refractivity contribution in [3.63, 3.8) is 0 Å². The van der Waals surface area contributed by atoms with E-state index < -0.39 is 12.8 Å². The monoisotopic (exact) mass is 239 g/mol. The highest BCUT2D eigenvalue weighted by Crippen LogP contribution is 2.23. The molecule has 0 fully saturated rings. The van der Waals surface area contributed by atoms with E-state index in [0.29, 0.717) is 6.42 Å². The Bertz CT molecular complexity index is 206. The Kier molecular flexibility index (Phi) is 6.67. The van der Waals surface area contributed by atoms with Crippen LogP contribution in [-0.2, 0) is 4.74 Å². The van der Waals surface area contributed by atoms with Crippen molar-refractivity contribution in [1.82, 2.24) is 5.32 Å². The molecular weight excluding hydrogens is 219 g/mol. The van der Waals surface area contributed by atoms with Crippen LogP contribution in [0.3, 0.4) is 0 Å². The molecule has 0 radical (unpaired) electrons. The third-order valence-corrected chi connectivity index (χ3v) is 2.38. The van der Waals surface area contributed by atoms with Gasteiger partial charge >= 0.3 is 6.18 Å². The van der Waals surface area contributed by atoms with Crippen molar-refractivity contribution in [2.75, 3.05) is 26.8 Å². The fourth-order valence-corrected chi connectivity index (χ4v) is 1.43. The van der Waals surface area contributed by atoms with E-state index in [1.54, 1.807) is 0 Å². The molecule has 0 saturated carbocycles. The summed E-state index contributed by atoms with van der Waals surface area (Å²) in [6.07, 6.45) is -1.05. The molecule has 2 nitrogen and oxygen atoms in total. The lowest BCUT2D eigenvalue weighted by Crippen LogP contribution is -2.28. The van der Waals surface area contributed by atoms with E-state index in [1.165, 1.54) is 0 Å². The van der Waals surface area contributed by atoms with Crippen LogP contribution in [0.4, 0.5) is 13.2 Å². The maximum absolute atomic E-state index is 11.8. The van der Waals surface area contributed by atoms with Gasteiger partial charge in [0, 0.05) is 13.2 Å². The lowest BCUT2D eigenvalue weighted by Gasteiger charge is -2.25. The molecule has 5 heteroatoms. The molecular formula is C11H20F3NO. The molecule has 0 aliphatic heterocycles. The molecule has 1 N–H and O–H groups in total. The van der Waals surface area contributed by atoms with E-state index in [-0.39, 0.29) is 12.0 Å². The molecule has 0 aromatic heterocycles. The van der Waals surface area contributed by atoms with Crippen molar-refractivity contribution in [2.45, 2.75) is 25.9 Å². The summed E-state index contributed by atoms with van der Waals surface area (Å²) in [5, 5.41) is 3.03. The average molecular weight is 239 g/mol. The minimum absolute atomic E-state index is 0.0870. The zero-order valence-electron chi connectivity index (χ0n) is 9.86. The zero-order chi connectivity index (χ0) is 12.7. The van der Waals surface area contributed by atoms with Gasteiger partial charge in [-0.2, -0.15) is 13.2 Å². The Hall–Kier alpha value is -0.550. The van der Waals surface area contributed by atoms with Crippen LogP contribution in [0, 0.1) is 5.41 Å². The van der Waals surface area contributed by atoms with Gasteiger partial charge in [-0.3, -0.25) is 0 Å². The van der Waals surface area contributed by atoms with Crippen molar-refractivity contribution < 1.29 is 17.9 Å². The van der Waals surface area contributed by atoms with E-state index in [9.17, 15) is 13.2 Å². The lowest BCUT2D eigenvalue weighted by atomic mass is 9.86. The zero-order valence-corrected chi connectivity index (χ0v) is 9.86. The van der Waals surface area contributed by atoms with Gasteiger partial charge in [0.05, 0.1) is 0 Å². The summed E-state index contributed by atoms with van der Waals surface area (Å²) in [6, 6.07) is 0. The van der Waals surface area contributed by atoms with Gasteiger partial charge in [-0.25, -0.2) is 0 Å². The molecule has 0 spiro atoms. The standard InChI is InChI=1S/C11H20F3NO/c1-4-10(2,8-15-3)6-5-7-16-9-11(12,13)14/h4,15H,1,5-9H2,2-3H3. The van der Waals surface area contributed by atoms with E-state index in [0.717, 1.165) is 13.0 Å². The van der Waals surface area contributed by atoms with Crippen LogP contribution in [0.25, 0.3) is 0 Å². The van der Waals surface area contributed by atoms with Gasteiger partial charge in [-0.1, -0.05) is 13.0 Å². The third-order valence-electron chi connectivity index (χ3n) is 2.38. The summed E-state index contributed by atoms with van der Waals surface area (Å²) in [6.45, 7) is 5.47. The molecule has 0 heterocycles. The van der Waals surface area contributed by atoms with Crippen LogP contribution in [0.15, 0.2) is 12.7 Å². The summed E-state index contributed by atoms with van der Waals surface area (Å²) < 4.78 is 39.8. The fraction of sp³-hybridized carbons (Fsp3) is 0.818. The van der Waals surface area contributed by atoms with E-state index in [4.69, 9.17) is 0 Å². The van der Waals surface area contributed by atoms with Gasteiger partial charge in [0.1, 0.15) is 6.61 Å². The molecule has 0 aromatic rings. The topological polar surface area (TPSA) is 21.3 Å². The van der Waals surface area contributed by atoms with Crippen LogP contribution in [0.1, 0.15) is 19.8 Å². The first-order chi connectivity index (χ1) is 7.33. The normalized spacial score (nSPS) is 15.8. The second-order valence-electron chi connectivity index (χ2n) is 4.16. The third kappa shape index (κ3) is 7.70. The van der Waals surface area contributed by atoms with Gasteiger partial charge in [-0.15, -0.1) is 6.58 Å². The first-order valence-corrected chi connectivity index (χ1v) is 5.26. The summed E-state index contributed by atoms with van der Waals surface area (Å²) in [4.78, 5) is 0. The van der Waals surface area contributed by atoms with Crippen molar-refractivity contribution in [3.05, 3.63) is 12.7 Å². The number of alkyl halides is 3. The van der Waals surface area contributed by atoms with Crippen molar-refractivity contribution in [2.24, 2.45) is 5.41 Å². The number of hydrogen-bond donors (Lipinski definition) is 1.